The van der Waals surface area contributed by atoms with Crippen LogP contribution in [0, 0.1) is 5.92 Å². The first-order valence-corrected chi connectivity index (χ1v) is 6.54. The number of benzene rings is 1. The molecule has 1 atom stereocenters. The first-order chi connectivity index (χ1) is 8.49. The highest BCUT2D eigenvalue weighted by Crippen LogP contribution is 2.07. The van der Waals surface area contributed by atoms with Crippen LogP contribution in [0.15, 0.2) is 24.3 Å². The molecule has 0 aliphatic heterocycles. The van der Waals surface area contributed by atoms with Gasteiger partial charge in [-0.3, -0.25) is 0 Å². The molecule has 2 N–H and O–H groups in total. The van der Waals surface area contributed by atoms with E-state index < -0.39 is 5.97 Å². The molecule has 0 saturated heterocycles. The summed E-state index contributed by atoms with van der Waals surface area (Å²) in [6, 6.07) is 7.66. The first kappa shape index (κ1) is 14.7. The highest BCUT2D eigenvalue weighted by molar-refractivity contribution is 5.87. The summed E-state index contributed by atoms with van der Waals surface area (Å²) in [5.74, 6) is -0.166. The van der Waals surface area contributed by atoms with Crippen molar-refractivity contribution in [1.82, 2.24) is 5.32 Å². The molecular formula is C15H23NO2. The molecule has 0 spiro atoms. The summed E-state index contributed by atoms with van der Waals surface area (Å²) in [6.45, 7) is 7.51. The zero-order valence-electron chi connectivity index (χ0n) is 11.4. The molecule has 0 aliphatic carbocycles. The van der Waals surface area contributed by atoms with Gasteiger partial charge >= 0.3 is 5.97 Å². The standard InChI is InChI=1S/C15H23NO2/c1-11(2)9-12(3)16-8-7-13-5-4-6-14(10-13)15(17)18/h4-6,10-12,16H,7-9H2,1-3H3,(H,17,18). The molecular weight excluding hydrogens is 226 g/mol. The van der Waals surface area contributed by atoms with Crippen molar-refractivity contribution < 1.29 is 9.90 Å². The number of aromatic carboxylic acids is 1. The van der Waals surface area contributed by atoms with Crippen LogP contribution in [0.5, 0.6) is 0 Å². The predicted molar refractivity (Wildman–Crippen MR) is 74.0 cm³/mol. The third-order valence-electron chi connectivity index (χ3n) is 2.91. The van der Waals surface area contributed by atoms with Crippen LogP contribution < -0.4 is 5.32 Å². The fraction of sp³-hybridized carbons (Fsp3) is 0.533. The summed E-state index contributed by atoms with van der Waals surface area (Å²) in [5.41, 5.74) is 1.43. The summed E-state index contributed by atoms with van der Waals surface area (Å²) < 4.78 is 0. The monoisotopic (exact) mass is 249 g/mol. The van der Waals surface area contributed by atoms with Gasteiger partial charge in [-0.15, -0.1) is 0 Å². The van der Waals surface area contributed by atoms with Crippen LogP contribution >= 0.6 is 0 Å². The number of hydrogen-bond acceptors (Lipinski definition) is 2. The number of carboxylic acid groups (broad SMARTS) is 1. The van der Waals surface area contributed by atoms with E-state index in [9.17, 15) is 4.79 Å². The maximum absolute atomic E-state index is 10.8. The van der Waals surface area contributed by atoms with Gasteiger partial charge < -0.3 is 10.4 Å². The molecule has 0 fully saturated rings. The van der Waals surface area contributed by atoms with Crippen LogP contribution in [0.1, 0.15) is 43.1 Å². The highest BCUT2D eigenvalue weighted by Gasteiger charge is 2.05. The molecule has 0 aromatic heterocycles. The van der Waals surface area contributed by atoms with Crippen LogP contribution in [0.3, 0.4) is 0 Å². The predicted octanol–water partition coefficient (Wildman–Crippen LogP) is 2.95. The lowest BCUT2D eigenvalue weighted by atomic mass is 10.0. The fourth-order valence-corrected chi connectivity index (χ4v) is 2.11. The number of nitrogens with one attached hydrogen (secondary N) is 1. The zero-order valence-corrected chi connectivity index (χ0v) is 11.4. The Kier molecular flexibility index (Phi) is 5.86. The van der Waals surface area contributed by atoms with Crippen molar-refractivity contribution in [3.05, 3.63) is 35.4 Å². The lowest BCUT2D eigenvalue weighted by molar-refractivity contribution is 0.0696. The molecule has 18 heavy (non-hydrogen) atoms. The van der Waals surface area contributed by atoms with Crippen LogP contribution in [-0.4, -0.2) is 23.7 Å². The Morgan fingerprint density at radius 2 is 2.06 bits per heavy atom. The largest absolute Gasteiger partial charge is 0.478 e. The van der Waals surface area contributed by atoms with Crippen molar-refractivity contribution in [2.45, 2.75) is 39.7 Å². The first-order valence-electron chi connectivity index (χ1n) is 6.54. The van der Waals surface area contributed by atoms with Gasteiger partial charge in [0.2, 0.25) is 0 Å². The number of carbonyl (C=O) groups is 1. The second-order valence-corrected chi connectivity index (χ2v) is 5.24. The zero-order chi connectivity index (χ0) is 13.5. The number of rotatable bonds is 7. The lowest BCUT2D eigenvalue weighted by Crippen LogP contribution is -2.29. The van der Waals surface area contributed by atoms with E-state index in [1.54, 1.807) is 18.2 Å². The Labute approximate surface area is 109 Å². The molecule has 3 nitrogen and oxygen atoms in total. The van der Waals surface area contributed by atoms with Crippen molar-refractivity contribution in [3.63, 3.8) is 0 Å². The number of carboxylic acids is 1. The van der Waals surface area contributed by atoms with E-state index in [1.807, 2.05) is 6.07 Å². The summed E-state index contributed by atoms with van der Waals surface area (Å²) in [6.07, 6.45) is 2.03. The van der Waals surface area contributed by atoms with E-state index in [2.05, 4.69) is 26.1 Å². The molecule has 1 unspecified atom stereocenters. The van der Waals surface area contributed by atoms with Crippen molar-refractivity contribution in [3.8, 4) is 0 Å². The highest BCUT2D eigenvalue weighted by atomic mass is 16.4. The van der Waals surface area contributed by atoms with E-state index in [1.165, 1.54) is 0 Å². The minimum atomic E-state index is -0.863. The van der Waals surface area contributed by atoms with E-state index in [0.717, 1.165) is 24.9 Å². The summed E-state index contributed by atoms with van der Waals surface area (Å²) >= 11 is 0. The maximum atomic E-state index is 10.8. The molecule has 0 bridgehead atoms. The van der Waals surface area contributed by atoms with Gasteiger partial charge in [0.1, 0.15) is 0 Å². The summed E-state index contributed by atoms with van der Waals surface area (Å²) in [4.78, 5) is 10.8. The normalized spacial score (nSPS) is 12.7. The van der Waals surface area contributed by atoms with Crippen LogP contribution in [0.4, 0.5) is 0 Å². The Morgan fingerprint density at radius 3 is 2.67 bits per heavy atom. The van der Waals surface area contributed by atoms with Gasteiger partial charge in [-0.1, -0.05) is 26.0 Å². The molecule has 3 heteroatoms. The van der Waals surface area contributed by atoms with Crippen molar-refractivity contribution >= 4 is 5.97 Å². The molecule has 1 rings (SSSR count). The molecule has 0 heterocycles. The van der Waals surface area contributed by atoms with Gasteiger partial charge in [-0.2, -0.15) is 0 Å². The summed E-state index contributed by atoms with van der Waals surface area (Å²) in [7, 11) is 0. The fourth-order valence-electron chi connectivity index (χ4n) is 2.11. The van der Waals surface area contributed by atoms with Gasteiger partial charge in [-0.25, -0.2) is 4.79 Å². The minimum absolute atomic E-state index is 0.364. The van der Waals surface area contributed by atoms with Crippen molar-refractivity contribution in [1.29, 1.82) is 0 Å². The van der Waals surface area contributed by atoms with Gasteiger partial charge in [0, 0.05) is 6.04 Å². The Hall–Kier alpha value is -1.35. The average Bonchev–Trinajstić information content (AvgIpc) is 2.28. The third-order valence-corrected chi connectivity index (χ3v) is 2.91. The minimum Gasteiger partial charge on any atom is -0.478 e. The van der Waals surface area contributed by atoms with E-state index in [4.69, 9.17) is 5.11 Å². The van der Waals surface area contributed by atoms with Crippen molar-refractivity contribution in [2.24, 2.45) is 5.92 Å². The van der Waals surface area contributed by atoms with E-state index in [0.29, 0.717) is 17.5 Å². The Morgan fingerprint density at radius 1 is 1.33 bits per heavy atom. The van der Waals surface area contributed by atoms with Gasteiger partial charge in [0.05, 0.1) is 5.56 Å². The van der Waals surface area contributed by atoms with Gasteiger partial charge in [-0.05, 0) is 49.9 Å². The molecule has 0 saturated carbocycles. The average molecular weight is 249 g/mol. The van der Waals surface area contributed by atoms with E-state index in [-0.39, 0.29) is 0 Å². The smallest absolute Gasteiger partial charge is 0.335 e. The molecule has 1 aromatic carbocycles. The van der Waals surface area contributed by atoms with E-state index >= 15 is 0 Å². The molecule has 100 valence electrons. The van der Waals surface area contributed by atoms with Gasteiger partial charge in [0.15, 0.2) is 0 Å². The molecule has 1 aromatic rings. The molecule has 0 amide bonds. The molecule has 0 radical (unpaired) electrons. The van der Waals surface area contributed by atoms with Crippen LogP contribution in [-0.2, 0) is 6.42 Å². The quantitative estimate of drug-likeness (QED) is 0.781. The maximum Gasteiger partial charge on any atom is 0.335 e. The van der Waals surface area contributed by atoms with Crippen LogP contribution in [0.25, 0.3) is 0 Å². The second-order valence-electron chi connectivity index (χ2n) is 5.24. The summed E-state index contributed by atoms with van der Waals surface area (Å²) in [5, 5.41) is 12.4. The lowest BCUT2D eigenvalue weighted by Gasteiger charge is -2.15. The topological polar surface area (TPSA) is 49.3 Å². The third kappa shape index (κ3) is 5.32. The van der Waals surface area contributed by atoms with Crippen molar-refractivity contribution in [2.75, 3.05) is 6.54 Å². The second kappa shape index (κ2) is 7.17. The Balaban J connectivity index is 2.39. The Bertz CT molecular complexity index is 388. The van der Waals surface area contributed by atoms with Crippen LogP contribution in [0.2, 0.25) is 0 Å². The van der Waals surface area contributed by atoms with Gasteiger partial charge in [0.25, 0.3) is 0 Å². The number of hydrogen-bond donors (Lipinski definition) is 2. The SMILES string of the molecule is CC(C)CC(C)NCCc1cccc(C(=O)O)c1. The molecule has 0 aliphatic rings.